The zero-order chi connectivity index (χ0) is 17.9. The van der Waals surface area contributed by atoms with Gasteiger partial charge in [0, 0.05) is 5.69 Å². The van der Waals surface area contributed by atoms with Crippen molar-refractivity contribution in [3.05, 3.63) is 50.4 Å². The van der Waals surface area contributed by atoms with Crippen molar-refractivity contribution in [3.63, 3.8) is 0 Å². The van der Waals surface area contributed by atoms with Crippen LogP contribution < -0.4 is 10.9 Å². The maximum Gasteiger partial charge on any atom is 0.287 e. The first kappa shape index (κ1) is 18.6. The van der Waals surface area contributed by atoms with Crippen LogP contribution >= 0.6 is 23.2 Å². The Morgan fingerprint density at radius 3 is 2.79 bits per heavy atom. The van der Waals surface area contributed by atoms with Gasteiger partial charge in [0.15, 0.2) is 11.1 Å². The maximum atomic E-state index is 12.1. The zero-order valence-corrected chi connectivity index (χ0v) is 15.0. The van der Waals surface area contributed by atoms with Gasteiger partial charge in [-0.15, -0.1) is 0 Å². The van der Waals surface area contributed by atoms with Gasteiger partial charge in [0.05, 0.1) is 23.2 Å². The molecular formula is C14H13Cl2N3O4S. The summed E-state index contributed by atoms with van der Waals surface area (Å²) in [6.45, 7) is 1.43. The summed E-state index contributed by atoms with van der Waals surface area (Å²) in [5.41, 5.74) is 0.513. The molecule has 0 saturated heterocycles. The Bertz CT molecular complexity index is 870. The van der Waals surface area contributed by atoms with Crippen molar-refractivity contribution in [1.82, 2.24) is 9.78 Å². The number of aromatic nitrogens is 2. The Labute approximate surface area is 150 Å². The first-order valence-electron chi connectivity index (χ1n) is 6.61. The minimum atomic E-state index is -1.63. The number of aryl methyl sites for hydroxylation is 1. The van der Waals surface area contributed by atoms with E-state index in [-0.39, 0.29) is 16.6 Å². The van der Waals surface area contributed by atoms with Crippen LogP contribution in [0.15, 0.2) is 34.1 Å². The van der Waals surface area contributed by atoms with Crippen LogP contribution in [-0.4, -0.2) is 27.0 Å². The highest BCUT2D eigenvalue weighted by atomic mass is 35.5. The Balaban J connectivity index is 2.18. The number of halogens is 2. The van der Waals surface area contributed by atoms with Crippen molar-refractivity contribution < 1.29 is 13.2 Å². The quantitative estimate of drug-likeness (QED) is 0.845. The lowest BCUT2D eigenvalue weighted by Crippen LogP contribution is -2.29. The smallest absolute Gasteiger partial charge is 0.287 e. The van der Waals surface area contributed by atoms with Gasteiger partial charge in [0.2, 0.25) is 5.91 Å². The molecule has 0 saturated carbocycles. The summed E-state index contributed by atoms with van der Waals surface area (Å²) in [4.78, 5) is 24.4. The molecule has 128 valence electrons. The summed E-state index contributed by atoms with van der Waals surface area (Å²) in [6, 6.07) is 4.89. The highest BCUT2D eigenvalue weighted by Gasteiger charge is 2.13. The molecule has 0 radical (unpaired) electrons. The van der Waals surface area contributed by atoms with Gasteiger partial charge in [-0.05, 0) is 24.6 Å². The van der Waals surface area contributed by atoms with Gasteiger partial charge in [0.25, 0.3) is 5.56 Å². The number of nitrogens with one attached hydrogen (secondary N) is 1. The molecule has 10 heteroatoms. The van der Waals surface area contributed by atoms with Crippen molar-refractivity contribution >= 4 is 45.9 Å². The molecule has 1 N–H and O–H groups in total. The van der Waals surface area contributed by atoms with E-state index in [0.29, 0.717) is 10.6 Å². The number of rotatable bonds is 5. The van der Waals surface area contributed by atoms with Gasteiger partial charge in [-0.1, -0.05) is 29.3 Å². The van der Waals surface area contributed by atoms with Crippen LogP contribution in [-0.2, 0) is 26.6 Å². The molecule has 0 aliphatic heterocycles. The topological polar surface area (TPSA) is 90.3 Å². The normalized spacial score (nSPS) is 12.0. The summed E-state index contributed by atoms with van der Waals surface area (Å²) in [6.07, 6.45) is 1.18. The van der Waals surface area contributed by atoms with Crippen molar-refractivity contribution in [1.29, 1.82) is 0 Å². The van der Waals surface area contributed by atoms with Gasteiger partial charge < -0.3 is 5.32 Å². The summed E-state index contributed by atoms with van der Waals surface area (Å²) >= 11 is 9.78. The first-order chi connectivity index (χ1) is 11.3. The molecular weight excluding hydrogens is 377 g/mol. The van der Waals surface area contributed by atoms with E-state index in [1.165, 1.54) is 19.4 Å². The number of carbonyl (C=O) groups is 1. The van der Waals surface area contributed by atoms with Crippen LogP contribution in [0, 0.1) is 6.92 Å². The number of amides is 1. The summed E-state index contributed by atoms with van der Waals surface area (Å²) in [5, 5.41) is 6.16. The molecule has 0 aliphatic rings. The third kappa shape index (κ3) is 4.21. The van der Waals surface area contributed by atoms with Gasteiger partial charge in [-0.25, -0.2) is 8.89 Å². The lowest BCUT2D eigenvalue weighted by Gasteiger charge is -2.10. The third-order valence-corrected chi connectivity index (χ3v) is 4.89. The van der Waals surface area contributed by atoms with E-state index in [2.05, 4.69) is 10.4 Å². The van der Waals surface area contributed by atoms with Crippen LogP contribution in [0.25, 0.3) is 0 Å². The van der Waals surface area contributed by atoms with Crippen molar-refractivity contribution in [2.45, 2.75) is 18.4 Å². The molecule has 1 aromatic heterocycles. The van der Waals surface area contributed by atoms with Crippen molar-refractivity contribution in [3.8, 4) is 0 Å². The molecule has 1 amide bonds. The van der Waals surface area contributed by atoms with Crippen LogP contribution in [0.2, 0.25) is 10.0 Å². The fourth-order valence-corrected chi connectivity index (χ4v) is 2.85. The van der Waals surface area contributed by atoms with Gasteiger partial charge in [-0.3, -0.25) is 13.8 Å². The molecule has 1 aromatic carbocycles. The molecule has 1 heterocycles. The van der Waals surface area contributed by atoms with Crippen molar-refractivity contribution in [2.75, 3.05) is 12.4 Å². The molecule has 7 nitrogen and oxygen atoms in total. The molecule has 1 atom stereocenters. The largest absolute Gasteiger partial charge is 0.324 e. The van der Waals surface area contributed by atoms with E-state index in [1.807, 2.05) is 0 Å². The van der Waals surface area contributed by atoms with Crippen LogP contribution in [0.4, 0.5) is 5.69 Å². The fourth-order valence-electron chi connectivity index (χ4n) is 1.84. The predicted octanol–water partition coefficient (Wildman–Crippen LogP) is 2.17. The second-order valence-corrected chi connectivity index (χ2v) is 6.73. The van der Waals surface area contributed by atoms with Gasteiger partial charge in [-0.2, -0.15) is 5.10 Å². The lowest BCUT2D eigenvalue weighted by atomic mass is 10.2. The molecule has 0 fully saturated rings. The Morgan fingerprint density at radius 2 is 2.12 bits per heavy atom. The summed E-state index contributed by atoms with van der Waals surface area (Å²) in [7, 11) is 1.32. The summed E-state index contributed by atoms with van der Waals surface area (Å²) in [5.74, 6) is -0.499. The summed E-state index contributed by atoms with van der Waals surface area (Å²) < 4.78 is 17.5. The molecule has 0 aliphatic carbocycles. The van der Waals surface area contributed by atoms with Crippen LogP contribution in [0.5, 0.6) is 0 Å². The third-order valence-electron chi connectivity index (χ3n) is 3.04. The Hall–Kier alpha value is -1.74. The Morgan fingerprint density at radius 1 is 1.42 bits per heavy atom. The number of benzene rings is 1. The number of hydrogen-bond acceptors (Lipinski definition) is 5. The van der Waals surface area contributed by atoms with Crippen molar-refractivity contribution in [2.24, 2.45) is 0 Å². The zero-order valence-electron chi connectivity index (χ0n) is 12.7. The number of carbonyl (C=O) groups excluding carboxylic acids is 1. The molecule has 0 spiro atoms. The predicted molar refractivity (Wildman–Crippen MR) is 91.7 cm³/mol. The van der Waals surface area contributed by atoms with E-state index in [1.54, 1.807) is 19.1 Å². The van der Waals surface area contributed by atoms with E-state index in [0.717, 1.165) is 10.2 Å². The van der Waals surface area contributed by atoms with E-state index in [9.17, 15) is 13.8 Å². The minimum Gasteiger partial charge on any atom is -0.324 e. The van der Waals surface area contributed by atoms with E-state index < -0.39 is 22.5 Å². The molecule has 1 unspecified atom stereocenters. The van der Waals surface area contributed by atoms with Gasteiger partial charge >= 0.3 is 0 Å². The van der Waals surface area contributed by atoms with Gasteiger partial charge in [0.1, 0.15) is 11.6 Å². The van der Waals surface area contributed by atoms with E-state index in [4.69, 9.17) is 27.4 Å². The maximum absolute atomic E-state index is 12.1. The number of anilines is 1. The average molecular weight is 390 g/mol. The number of hydrogen-bond donors (Lipinski definition) is 1. The Kier molecular flexibility index (Phi) is 6.11. The van der Waals surface area contributed by atoms with E-state index >= 15 is 0 Å². The number of nitrogens with zero attached hydrogens (tertiary/aromatic N) is 2. The SMILES string of the molecule is COS(=O)c1cc(NC(=O)Cn2ncc(Cl)c(Cl)c2=O)ccc1C. The standard InChI is InChI=1S/C14H13Cl2N3O4S/c1-8-3-4-9(5-11(8)24(22)23-2)18-12(20)7-19-14(21)13(16)10(15)6-17-19/h3-6H,7H2,1-2H3,(H,18,20). The molecule has 24 heavy (non-hydrogen) atoms. The second kappa shape index (κ2) is 7.89. The first-order valence-corrected chi connectivity index (χ1v) is 8.44. The fraction of sp³-hybridized carbons (Fsp3) is 0.214. The molecule has 2 aromatic rings. The van der Waals surface area contributed by atoms with Crippen LogP contribution in [0.3, 0.4) is 0 Å². The second-order valence-electron chi connectivity index (χ2n) is 4.70. The monoisotopic (exact) mass is 389 g/mol. The highest BCUT2D eigenvalue weighted by Crippen LogP contribution is 2.19. The lowest BCUT2D eigenvalue weighted by molar-refractivity contribution is -0.117. The molecule has 2 rings (SSSR count). The minimum absolute atomic E-state index is 0.0172. The average Bonchev–Trinajstić information content (AvgIpc) is 2.56. The molecule has 0 bridgehead atoms. The van der Waals surface area contributed by atoms with Crippen LogP contribution in [0.1, 0.15) is 5.56 Å². The highest BCUT2D eigenvalue weighted by molar-refractivity contribution is 7.80.